The Morgan fingerprint density at radius 2 is 1.90 bits per heavy atom. The first-order valence-corrected chi connectivity index (χ1v) is 6.92. The minimum atomic E-state index is -0.574. The molecular formula is C15H15Cl2NO2. The molecule has 0 saturated carbocycles. The molecule has 3 N–H and O–H groups in total. The summed E-state index contributed by atoms with van der Waals surface area (Å²) in [4.78, 5) is 0. The fraction of sp³-hybridized carbons (Fsp3) is 0.200. The molecule has 0 aromatic heterocycles. The number of nitrogens with one attached hydrogen (secondary N) is 1. The van der Waals surface area contributed by atoms with Crippen LogP contribution in [0.3, 0.4) is 0 Å². The fourth-order valence-corrected chi connectivity index (χ4v) is 2.50. The normalized spacial score (nSPS) is 12.2. The second kappa shape index (κ2) is 6.35. The molecule has 0 aliphatic heterocycles. The lowest BCUT2D eigenvalue weighted by Crippen LogP contribution is -2.04. The van der Waals surface area contributed by atoms with Crippen molar-refractivity contribution in [1.29, 1.82) is 0 Å². The van der Waals surface area contributed by atoms with Crippen molar-refractivity contribution in [1.82, 2.24) is 0 Å². The van der Waals surface area contributed by atoms with Gasteiger partial charge in [0.2, 0.25) is 0 Å². The molecule has 0 amide bonds. The van der Waals surface area contributed by atoms with Gasteiger partial charge in [-0.25, -0.2) is 0 Å². The Bertz CT molecular complexity index is 615. The van der Waals surface area contributed by atoms with Gasteiger partial charge < -0.3 is 15.5 Å². The van der Waals surface area contributed by atoms with E-state index in [1.165, 1.54) is 6.07 Å². The predicted molar refractivity (Wildman–Crippen MR) is 82.5 cm³/mol. The van der Waals surface area contributed by atoms with Gasteiger partial charge in [-0.2, -0.15) is 0 Å². The van der Waals surface area contributed by atoms with E-state index in [2.05, 4.69) is 5.32 Å². The number of halogens is 2. The van der Waals surface area contributed by atoms with Gasteiger partial charge in [-0.1, -0.05) is 41.4 Å². The van der Waals surface area contributed by atoms with E-state index in [1.54, 1.807) is 13.0 Å². The van der Waals surface area contributed by atoms with Gasteiger partial charge in [0.25, 0.3) is 0 Å². The highest BCUT2D eigenvalue weighted by atomic mass is 35.5. The van der Waals surface area contributed by atoms with Crippen molar-refractivity contribution in [2.75, 3.05) is 5.32 Å². The van der Waals surface area contributed by atoms with Gasteiger partial charge in [-0.05, 0) is 25.1 Å². The first-order chi connectivity index (χ1) is 9.49. The molecule has 0 fully saturated rings. The number of phenolic OH excluding ortho intramolecular Hbond substituents is 1. The summed E-state index contributed by atoms with van der Waals surface area (Å²) in [5.74, 6) is 0.0121. The zero-order chi connectivity index (χ0) is 14.7. The average molecular weight is 312 g/mol. The Morgan fingerprint density at radius 3 is 2.60 bits per heavy atom. The van der Waals surface area contributed by atoms with Crippen LogP contribution in [-0.4, -0.2) is 10.2 Å². The number of phenols is 1. The third-order valence-corrected chi connectivity index (χ3v) is 3.49. The summed E-state index contributed by atoms with van der Waals surface area (Å²) in [7, 11) is 0. The first kappa shape index (κ1) is 15.0. The number of hydrogen-bond donors (Lipinski definition) is 3. The van der Waals surface area contributed by atoms with Crippen LogP contribution >= 0.6 is 23.2 Å². The SMILES string of the molecule is CC(O)c1ccccc1NCc1cc(Cl)cc(Cl)c1O. The van der Waals surface area contributed by atoms with Gasteiger partial charge in [0.1, 0.15) is 5.75 Å². The van der Waals surface area contributed by atoms with E-state index in [1.807, 2.05) is 24.3 Å². The summed E-state index contributed by atoms with van der Waals surface area (Å²) in [5, 5.41) is 23.5. The van der Waals surface area contributed by atoms with E-state index < -0.39 is 6.10 Å². The minimum Gasteiger partial charge on any atom is -0.506 e. The van der Waals surface area contributed by atoms with Crippen molar-refractivity contribution in [3.05, 3.63) is 57.6 Å². The predicted octanol–water partition coefficient (Wildman–Crippen LogP) is 4.36. The molecule has 0 saturated heterocycles. The van der Waals surface area contributed by atoms with E-state index in [4.69, 9.17) is 23.2 Å². The largest absolute Gasteiger partial charge is 0.506 e. The molecule has 0 radical (unpaired) electrons. The molecule has 2 aromatic carbocycles. The van der Waals surface area contributed by atoms with Gasteiger partial charge in [-0.3, -0.25) is 0 Å². The van der Waals surface area contributed by atoms with E-state index >= 15 is 0 Å². The van der Waals surface area contributed by atoms with Crippen molar-refractivity contribution >= 4 is 28.9 Å². The first-order valence-electron chi connectivity index (χ1n) is 6.16. The molecule has 0 heterocycles. The molecule has 1 atom stereocenters. The van der Waals surface area contributed by atoms with E-state index in [-0.39, 0.29) is 10.8 Å². The third-order valence-electron chi connectivity index (χ3n) is 2.99. The van der Waals surface area contributed by atoms with E-state index in [9.17, 15) is 10.2 Å². The number of aliphatic hydroxyl groups excluding tert-OH is 1. The quantitative estimate of drug-likeness (QED) is 0.786. The van der Waals surface area contributed by atoms with Crippen molar-refractivity contribution in [2.45, 2.75) is 19.6 Å². The van der Waals surface area contributed by atoms with Crippen LogP contribution in [0.5, 0.6) is 5.75 Å². The minimum absolute atomic E-state index is 0.0121. The van der Waals surface area contributed by atoms with Crippen LogP contribution in [0.15, 0.2) is 36.4 Å². The summed E-state index contributed by atoms with van der Waals surface area (Å²) >= 11 is 11.8. The van der Waals surface area contributed by atoms with Gasteiger partial charge >= 0.3 is 0 Å². The van der Waals surface area contributed by atoms with Crippen LogP contribution < -0.4 is 5.32 Å². The molecular weight excluding hydrogens is 297 g/mol. The zero-order valence-electron chi connectivity index (χ0n) is 10.9. The van der Waals surface area contributed by atoms with Crippen LogP contribution in [-0.2, 0) is 6.54 Å². The lowest BCUT2D eigenvalue weighted by molar-refractivity contribution is 0.200. The average Bonchev–Trinajstić information content (AvgIpc) is 2.41. The highest BCUT2D eigenvalue weighted by molar-refractivity contribution is 6.35. The standard InChI is InChI=1S/C15H15Cl2NO2/c1-9(19)12-4-2-3-5-14(12)18-8-10-6-11(16)7-13(17)15(10)20/h2-7,9,18-20H,8H2,1H3. The summed E-state index contributed by atoms with van der Waals surface area (Å²) in [6.45, 7) is 2.06. The van der Waals surface area contributed by atoms with E-state index in [0.717, 1.165) is 11.3 Å². The molecule has 2 rings (SSSR count). The molecule has 1 unspecified atom stereocenters. The molecule has 20 heavy (non-hydrogen) atoms. The highest BCUT2D eigenvalue weighted by Gasteiger charge is 2.10. The van der Waals surface area contributed by atoms with Crippen molar-refractivity contribution < 1.29 is 10.2 Å². The molecule has 0 aliphatic rings. The van der Waals surface area contributed by atoms with Crippen LogP contribution in [0.4, 0.5) is 5.69 Å². The Balaban J connectivity index is 2.21. The number of hydrogen-bond acceptors (Lipinski definition) is 3. The van der Waals surface area contributed by atoms with Gasteiger partial charge in [0.15, 0.2) is 0 Å². The van der Waals surface area contributed by atoms with Crippen molar-refractivity contribution in [3.8, 4) is 5.75 Å². The number of aromatic hydroxyl groups is 1. The number of anilines is 1. The van der Waals surface area contributed by atoms with Crippen molar-refractivity contribution in [2.24, 2.45) is 0 Å². The number of benzene rings is 2. The number of para-hydroxylation sites is 1. The smallest absolute Gasteiger partial charge is 0.139 e. The maximum atomic E-state index is 9.90. The molecule has 3 nitrogen and oxygen atoms in total. The summed E-state index contributed by atoms with van der Waals surface area (Å²) < 4.78 is 0. The summed E-state index contributed by atoms with van der Waals surface area (Å²) in [6, 6.07) is 10.6. The number of aliphatic hydroxyl groups is 1. The van der Waals surface area contributed by atoms with Crippen LogP contribution in [0.2, 0.25) is 10.0 Å². The Morgan fingerprint density at radius 1 is 1.20 bits per heavy atom. The molecule has 5 heteroatoms. The van der Waals surface area contributed by atoms with Gasteiger partial charge in [0, 0.05) is 28.4 Å². The van der Waals surface area contributed by atoms with Crippen molar-refractivity contribution in [3.63, 3.8) is 0 Å². The third kappa shape index (κ3) is 3.37. The Kier molecular flexibility index (Phi) is 4.76. The topological polar surface area (TPSA) is 52.5 Å². The molecule has 0 aliphatic carbocycles. The summed E-state index contributed by atoms with van der Waals surface area (Å²) in [6.07, 6.45) is -0.574. The second-order valence-corrected chi connectivity index (χ2v) is 5.36. The van der Waals surface area contributed by atoms with Gasteiger partial charge in [0.05, 0.1) is 11.1 Å². The maximum absolute atomic E-state index is 9.90. The monoisotopic (exact) mass is 311 g/mol. The Hall–Kier alpha value is -1.42. The molecule has 106 valence electrons. The lowest BCUT2D eigenvalue weighted by atomic mass is 10.1. The fourth-order valence-electron chi connectivity index (χ4n) is 1.97. The molecule has 0 bridgehead atoms. The van der Waals surface area contributed by atoms with Crippen LogP contribution in [0, 0.1) is 0 Å². The lowest BCUT2D eigenvalue weighted by Gasteiger charge is -2.15. The molecule has 0 spiro atoms. The zero-order valence-corrected chi connectivity index (χ0v) is 12.4. The second-order valence-electron chi connectivity index (χ2n) is 4.51. The van der Waals surface area contributed by atoms with Crippen LogP contribution in [0.1, 0.15) is 24.2 Å². The van der Waals surface area contributed by atoms with Gasteiger partial charge in [-0.15, -0.1) is 0 Å². The summed E-state index contributed by atoms with van der Waals surface area (Å²) in [5.41, 5.74) is 2.20. The van der Waals surface area contributed by atoms with E-state index in [0.29, 0.717) is 17.1 Å². The maximum Gasteiger partial charge on any atom is 0.139 e. The molecule has 2 aromatic rings. The highest BCUT2D eigenvalue weighted by Crippen LogP contribution is 2.32. The van der Waals surface area contributed by atoms with Crippen LogP contribution in [0.25, 0.3) is 0 Å². The number of rotatable bonds is 4. The Labute approximate surface area is 127 Å².